The highest BCUT2D eigenvalue weighted by Gasteiger charge is 2.21. The minimum Gasteiger partial charge on any atom is -0.341 e. The van der Waals surface area contributed by atoms with Crippen LogP contribution in [0.4, 0.5) is 14.5 Å². The number of carbonyl (C=O) groups is 2. The molecular formula is C19H21F2N3O2S. The molecule has 0 aliphatic carbocycles. The SMILES string of the molecule is O=C(CN1CCCN(C(=O)Cc2cccs2)CC1)Nc1ccc(F)cc1F. The van der Waals surface area contributed by atoms with Gasteiger partial charge in [-0.3, -0.25) is 14.5 Å². The molecule has 1 aliphatic rings. The van der Waals surface area contributed by atoms with Crippen molar-refractivity contribution in [3.05, 3.63) is 52.2 Å². The van der Waals surface area contributed by atoms with Crippen LogP contribution in [0.15, 0.2) is 35.7 Å². The predicted molar refractivity (Wildman–Crippen MR) is 101 cm³/mol. The summed E-state index contributed by atoms with van der Waals surface area (Å²) in [5.41, 5.74) is -0.0380. The van der Waals surface area contributed by atoms with Gasteiger partial charge in [-0.05, 0) is 30.0 Å². The number of hydrogen-bond acceptors (Lipinski definition) is 4. The molecule has 1 fully saturated rings. The van der Waals surface area contributed by atoms with Crippen molar-refractivity contribution in [3.63, 3.8) is 0 Å². The van der Waals surface area contributed by atoms with Gasteiger partial charge in [0, 0.05) is 37.1 Å². The second-order valence-corrected chi connectivity index (χ2v) is 7.47. The van der Waals surface area contributed by atoms with Crippen LogP contribution in [0.1, 0.15) is 11.3 Å². The highest BCUT2D eigenvalue weighted by atomic mass is 32.1. The monoisotopic (exact) mass is 393 g/mol. The quantitative estimate of drug-likeness (QED) is 0.850. The highest BCUT2D eigenvalue weighted by Crippen LogP contribution is 2.15. The largest absolute Gasteiger partial charge is 0.341 e. The summed E-state index contributed by atoms with van der Waals surface area (Å²) in [6, 6.07) is 6.92. The van der Waals surface area contributed by atoms with Crippen LogP contribution >= 0.6 is 11.3 Å². The topological polar surface area (TPSA) is 52.7 Å². The summed E-state index contributed by atoms with van der Waals surface area (Å²) in [4.78, 5) is 29.4. The average Bonchev–Trinajstić information content (AvgIpc) is 3.02. The van der Waals surface area contributed by atoms with Gasteiger partial charge < -0.3 is 10.2 Å². The molecule has 5 nitrogen and oxygen atoms in total. The lowest BCUT2D eigenvalue weighted by Crippen LogP contribution is -2.38. The van der Waals surface area contributed by atoms with E-state index in [0.29, 0.717) is 32.6 Å². The number of nitrogens with one attached hydrogen (secondary N) is 1. The Morgan fingerprint density at radius 3 is 2.70 bits per heavy atom. The first-order valence-corrected chi connectivity index (χ1v) is 9.66. The van der Waals surface area contributed by atoms with E-state index in [-0.39, 0.29) is 24.0 Å². The molecular weight excluding hydrogens is 372 g/mol. The Bertz CT molecular complexity index is 798. The second-order valence-electron chi connectivity index (χ2n) is 6.44. The average molecular weight is 393 g/mol. The Balaban J connectivity index is 1.49. The fraction of sp³-hybridized carbons (Fsp3) is 0.368. The van der Waals surface area contributed by atoms with Gasteiger partial charge >= 0.3 is 0 Å². The first kappa shape index (κ1) is 19.4. The fourth-order valence-electron chi connectivity index (χ4n) is 3.04. The van der Waals surface area contributed by atoms with Crippen molar-refractivity contribution in [1.82, 2.24) is 9.80 Å². The maximum absolute atomic E-state index is 13.6. The van der Waals surface area contributed by atoms with Gasteiger partial charge in [0.2, 0.25) is 11.8 Å². The van der Waals surface area contributed by atoms with Crippen LogP contribution in [0.3, 0.4) is 0 Å². The van der Waals surface area contributed by atoms with Gasteiger partial charge in [0.05, 0.1) is 18.7 Å². The lowest BCUT2D eigenvalue weighted by atomic mass is 10.3. The third kappa shape index (κ3) is 5.58. The number of nitrogens with zero attached hydrogens (tertiary/aromatic N) is 2. The number of rotatable bonds is 5. The fourth-order valence-corrected chi connectivity index (χ4v) is 3.73. The highest BCUT2D eigenvalue weighted by molar-refractivity contribution is 7.10. The van der Waals surface area contributed by atoms with Crippen molar-refractivity contribution in [1.29, 1.82) is 0 Å². The minimum atomic E-state index is -0.801. The number of carbonyl (C=O) groups excluding carboxylic acids is 2. The number of hydrogen-bond donors (Lipinski definition) is 1. The zero-order chi connectivity index (χ0) is 19.2. The summed E-state index contributed by atoms with van der Waals surface area (Å²) in [5.74, 6) is -1.76. The molecule has 1 aromatic carbocycles. The van der Waals surface area contributed by atoms with Gasteiger partial charge in [0.15, 0.2) is 0 Å². The van der Waals surface area contributed by atoms with E-state index in [1.807, 2.05) is 27.3 Å². The predicted octanol–water partition coefficient (Wildman–Crippen LogP) is 2.74. The molecule has 1 saturated heterocycles. The van der Waals surface area contributed by atoms with Gasteiger partial charge in [-0.1, -0.05) is 6.07 Å². The van der Waals surface area contributed by atoms with E-state index >= 15 is 0 Å². The molecule has 2 amide bonds. The van der Waals surface area contributed by atoms with Crippen LogP contribution in [0.25, 0.3) is 0 Å². The van der Waals surface area contributed by atoms with Crippen LogP contribution < -0.4 is 5.32 Å². The van der Waals surface area contributed by atoms with E-state index < -0.39 is 11.6 Å². The standard InChI is InChI=1S/C19H21F2N3O2S/c20-14-4-5-17(16(21)11-14)22-18(25)13-23-6-2-7-24(9-8-23)19(26)12-15-3-1-10-27-15/h1,3-5,10-11H,2,6-9,12-13H2,(H,22,25). The van der Waals surface area contributed by atoms with Gasteiger partial charge in [-0.15, -0.1) is 11.3 Å². The molecule has 3 rings (SSSR count). The Hall–Kier alpha value is -2.32. The van der Waals surface area contributed by atoms with Crippen LogP contribution in [0.5, 0.6) is 0 Å². The summed E-state index contributed by atoms with van der Waals surface area (Å²) in [5, 5.41) is 4.42. The third-order valence-corrected chi connectivity index (χ3v) is 5.30. The Morgan fingerprint density at radius 1 is 1.11 bits per heavy atom. The van der Waals surface area contributed by atoms with Crippen molar-refractivity contribution in [2.75, 3.05) is 38.0 Å². The molecule has 1 aliphatic heterocycles. The van der Waals surface area contributed by atoms with E-state index in [1.54, 1.807) is 11.3 Å². The molecule has 8 heteroatoms. The number of amides is 2. The van der Waals surface area contributed by atoms with Crippen molar-refractivity contribution >= 4 is 28.8 Å². The van der Waals surface area contributed by atoms with Crippen molar-refractivity contribution in [2.45, 2.75) is 12.8 Å². The summed E-state index contributed by atoms with van der Waals surface area (Å²) >= 11 is 1.57. The van der Waals surface area contributed by atoms with Gasteiger partial charge in [-0.2, -0.15) is 0 Å². The molecule has 1 N–H and O–H groups in total. The Morgan fingerprint density at radius 2 is 1.96 bits per heavy atom. The molecule has 144 valence electrons. The summed E-state index contributed by atoms with van der Waals surface area (Å²) in [6.07, 6.45) is 1.18. The van der Waals surface area contributed by atoms with Crippen LogP contribution in [-0.4, -0.2) is 54.3 Å². The van der Waals surface area contributed by atoms with Crippen molar-refractivity contribution in [3.8, 4) is 0 Å². The zero-order valence-corrected chi connectivity index (χ0v) is 15.6. The number of benzene rings is 1. The first-order chi connectivity index (χ1) is 13.0. The van der Waals surface area contributed by atoms with E-state index in [0.717, 1.165) is 23.4 Å². The molecule has 27 heavy (non-hydrogen) atoms. The maximum atomic E-state index is 13.6. The molecule has 2 aromatic rings. The Labute approximate surface area is 160 Å². The number of anilines is 1. The molecule has 0 saturated carbocycles. The summed E-state index contributed by atoms with van der Waals surface area (Å²) < 4.78 is 26.6. The number of thiophene rings is 1. The van der Waals surface area contributed by atoms with Gasteiger partial charge in [-0.25, -0.2) is 8.78 Å². The summed E-state index contributed by atoms with van der Waals surface area (Å²) in [7, 11) is 0. The van der Waals surface area contributed by atoms with Crippen LogP contribution in [0, 0.1) is 11.6 Å². The molecule has 0 spiro atoms. The van der Waals surface area contributed by atoms with Crippen LogP contribution in [-0.2, 0) is 16.0 Å². The first-order valence-electron chi connectivity index (χ1n) is 8.78. The Kier molecular flexibility index (Phi) is 6.52. The van der Waals surface area contributed by atoms with Crippen molar-refractivity contribution in [2.24, 2.45) is 0 Å². The molecule has 0 radical (unpaired) electrons. The lowest BCUT2D eigenvalue weighted by Gasteiger charge is -2.21. The van der Waals surface area contributed by atoms with Gasteiger partial charge in [0.25, 0.3) is 0 Å². The molecule has 0 unspecified atom stereocenters. The molecule has 0 atom stereocenters. The van der Waals surface area contributed by atoms with E-state index in [4.69, 9.17) is 0 Å². The molecule has 0 bridgehead atoms. The van der Waals surface area contributed by atoms with E-state index in [9.17, 15) is 18.4 Å². The smallest absolute Gasteiger partial charge is 0.238 e. The molecule has 1 aromatic heterocycles. The van der Waals surface area contributed by atoms with E-state index in [1.165, 1.54) is 6.07 Å². The normalized spacial score (nSPS) is 15.4. The minimum absolute atomic E-state index is 0.0380. The molecule has 2 heterocycles. The van der Waals surface area contributed by atoms with Crippen LogP contribution in [0.2, 0.25) is 0 Å². The maximum Gasteiger partial charge on any atom is 0.238 e. The second kappa shape index (κ2) is 9.05. The summed E-state index contributed by atoms with van der Waals surface area (Å²) in [6.45, 7) is 2.58. The number of halogens is 2. The van der Waals surface area contributed by atoms with Gasteiger partial charge in [0.1, 0.15) is 11.6 Å². The van der Waals surface area contributed by atoms with Crippen molar-refractivity contribution < 1.29 is 18.4 Å². The zero-order valence-electron chi connectivity index (χ0n) is 14.8. The van der Waals surface area contributed by atoms with E-state index in [2.05, 4.69) is 5.32 Å². The third-order valence-electron chi connectivity index (χ3n) is 4.42. The lowest BCUT2D eigenvalue weighted by molar-refractivity contribution is -0.130.